The first kappa shape index (κ1) is 16.2. The lowest BCUT2D eigenvalue weighted by atomic mass is 10.3. The van der Waals surface area contributed by atoms with E-state index in [1.165, 1.54) is 15.3 Å². The Morgan fingerprint density at radius 1 is 1.17 bits per heavy atom. The van der Waals surface area contributed by atoms with Gasteiger partial charge >= 0.3 is 0 Å². The lowest BCUT2D eigenvalue weighted by molar-refractivity contribution is 0.587. The number of nitrogens with zero attached hydrogens (tertiary/aromatic N) is 3. The summed E-state index contributed by atoms with van der Waals surface area (Å²) in [5, 5.41) is 2.08. The second-order valence-electron chi connectivity index (χ2n) is 4.99. The highest BCUT2D eigenvalue weighted by Crippen LogP contribution is 2.30. The summed E-state index contributed by atoms with van der Waals surface area (Å²) >= 11 is 1.23. The van der Waals surface area contributed by atoms with Crippen molar-refractivity contribution in [3.05, 3.63) is 53.5 Å². The molecule has 0 fully saturated rings. The molecule has 3 aromatic rings. The van der Waals surface area contributed by atoms with E-state index in [2.05, 4.69) is 9.98 Å². The smallest absolute Gasteiger partial charge is 0.268 e. The van der Waals surface area contributed by atoms with Crippen molar-refractivity contribution in [2.24, 2.45) is 16.5 Å². The number of hydrogen-bond acceptors (Lipinski definition) is 5. The lowest BCUT2D eigenvalue weighted by Gasteiger charge is -2.11. The lowest BCUT2D eigenvalue weighted by Crippen LogP contribution is -2.21. The van der Waals surface area contributed by atoms with Crippen LogP contribution in [0.4, 0.5) is 5.13 Å². The number of guanidine groups is 1. The highest BCUT2D eigenvalue weighted by Gasteiger charge is 2.23. The Morgan fingerprint density at radius 2 is 1.88 bits per heavy atom. The number of hydrogen-bond donors (Lipinski definition) is 2. The Balaban J connectivity index is 2.14. The SMILES string of the molecule is Cc1ccc(-c2csc(N=C(N)N)n2)n1S(=O)(=O)c1ccccc1. The largest absolute Gasteiger partial charge is 0.370 e. The molecule has 0 aliphatic rings. The van der Waals surface area contributed by atoms with Gasteiger partial charge in [-0.3, -0.25) is 0 Å². The number of aryl methyl sites for hydroxylation is 1. The molecule has 0 saturated heterocycles. The zero-order valence-corrected chi connectivity index (χ0v) is 14.4. The molecule has 2 aromatic heterocycles. The van der Waals surface area contributed by atoms with Gasteiger partial charge in [-0.1, -0.05) is 18.2 Å². The third kappa shape index (κ3) is 2.91. The molecule has 0 aliphatic carbocycles. The van der Waals surface area contributed by atoms with E-state index in [1.54, 1.807) is 54.8 Å². The molecular formula is C15H15N5O2S2. The maximum absolute atomic E-state index is 13.0. The fraction of sp³-hybridized carbons (Fsp3) is 0.0667. The van der Waals surface area contributed by atoms with Crippen LogP contribution in [0.15, 0.2) is 57.7 Å². The number of aromatic nitrogens is 2. The first-order chi connectivity index (χ1) is 11.4. The molecule has 124 valence electrons. The molecule has 0 aliphatic heterocycles. The van der Waals surface area contributed by atoms with E-state index in [0.717, 1.165) is 0 Å². The molecule has 0 bridgehead atoms. The molecule has 0 spiro atoms. The summed E-state index contributed by atoms with van der Waals surface area (Å²) < 4.78 is 27.2. The number of benzene rings is 1. The van der Waals surface area contributed by atoms with Crippen molar-refractivity contribution in [3.8, 4) is 11.4 Å². The Kier molecular flexibility index (Phi) is 4.12. The van der Waals surface area contributed by atoms with Gasteiger partial charge in [-0.05, 0) is 31.2 Å². The molecule has 0 amide bonds. The van der Waals surface area contributed by atoms with Gasteiger partial charge in [0.2, 0.25) is 5.13 Å². The van der Waals surface area contributed by atoms with Crippen LogP contribution in [0.3, 0.4) is 0 Å². The Bertz CT molecular complexity index is 1000. The van der Waals surface area contributed by atoms with Gasteiger partial charge < -0.3 is 11.5 Å². The fourth-order valence-corrected chi connectivity index (χ4v) is 4.54. The summed E-state index contributed by atoms with van der Waals surface area (Å²) in [4.78, 5) is 8.38. The highest BCUT2D eigenvalue weighted by molar-refractivity contribution is 7.90. The predicted molar refractivity (Wildman–Crippen MR) is 94.8 cm³/mol. The maximum Gasteiger partial charge on any atom is 0.268 e. The molecule has 0 radical (unpaired) electrons. The van der Waals surface area contributed by atoms with Crippen LogP contribution >= 0.6 is 11.3 Å². The highest BCUT2D eigenvalue weighted by atomic mass is 32.2. The van der Waals surface area contributed by atoms with E-state index in [4.69, 9.17) is 11.5 Å². The molecule has 1 aromatic carbocycles. The predicted octanol–water partition coefficient (Wildman–Crippen LogP) is 2.06. The Morgan fingerprint density at radius 3 is 2.54 bits per heavy atom. The molecule has 0 unspecified atom stereocenters. The summed E-state index contributed by atoms with van der Waals surface area (Å²) in [6, 6.07) is 11.7. The van der Waals surface area contributed by atoms with Gasteiger partial charge in [0.1, 0.15) is 5.69 Å². The van der Waals surface area contributed by atoms with Gasteiger partial charge in [0.25, 0.3) is 10.0 Å². The normalized spacial score (nSPS) is 11.4. The van der Waals surface area contributed by atoms with E-state index in [0.29, 0.717) is 22.2 Å². The number of thiazole rings is 1. The summed E-state index contributed by atoms with van der Waals surface area (Å²) in [6.45, 7) is 1.73. The van der Waals surface area contributed by atoms with Crippen LogP contribution in [0.2, 0.25) is 0 Å². The van der Waals surface area contributed by atoms with Gasteiger partial charge in [0.15, 0.2) is 5.96 Å². The topological polar surface area (TPSA) is 116 Å². The van der Waals surface area contributed by atoms with Crippen molar-refractivity contribution < 1.29 is 8.42 Å². The molecular weight excluding hydrogens is 346 g/mol. The van der Waals surface area contributed by atoms with E-state index >= 15 is 0 Å². The van der Waals surface area contributed by atoms with Crippen LogP contribution in [-0.4, -0.2) is 23.3 Å². The first-order valence-corrected chi connectivity index (χ1v) is 9.26. The zero-order valence-electron chi connectivity index (χ0n) is 12.7. The van der Waals surface area contributed by atoms with Crippen molar-refractivity contribution in [1.82, 2.24) is 8.96 Å². The molecule has 0 saturated carbocycles. The Hall–Kier alpha value is -2.65. The fourth-order valence-electron chi connectivity index (χ4n) is 2.27. The molecule has 0 atom stereocenters. The molecule has 4 N–H and O–H groups in total. The number of rotatable bonds is 4. The molecule has 9 heteroatoms. The third-order valence-electron chi connectivity index (χ3n) is 3.28. The van der Waals surface area contributed by atoms with Crippen molar-refractivity contribution in [1.29, 1.82) is 0 Å². The Labute approximate surface area is 143 Å². The standard InChI is InChI=1S/C15H15N5O2S2/c1-10-7-8-13(12-9-23-15(18-12)19-14(16)17)20(10)24(21,22)11-5-3-2-4-6-11/h2-9H,1H3,(H4,16,17,18,19). The quantitative estimate of drug-likeness (QED) is 0.545. The van der Waals surface area contributed by atoms with Crippen LogP contribution < -0.4 is 11.5 Å². The zero-order chi connectivity index (χ0) is 17.3. The van der Waals surface area contributed by atoms with E-state index in [-0.39, 0.29) is 10.9 Å². The van der Waals surface area contributed by atoms with Gasteiger partial charge in [0.05, 0.1) is 10.6 Å². The van der Waals surface area contributed by atoms with Crippen LogP contribution in [0.5, 0.6) is 0 Å². The van der Waals surface area contributed by atoms with Gasteiger partial charge in [-0.15, -0.1) is 11.3 Å². The monoisotopic (exact) mass is 361 g/mol. The van der Waals surface area contributed by atoms with Gasteiger partial charge in [-0.25, -0.2) is 17.4 Å². The molecule has 24 heavy (non-hydrogen) atoms. The van der Waals surface area contributed by atoms with E-state index < -0.39 is 10.0 Å². The number of nitrogens with two attached hydrogens (primary N) is 2. The average Bonchev–Trinajstić information content (AvgIpc) is 3.14. The minimum Gasteiger partial charge on any atom is -0.370 e. The molecule has 3 rings (SSSR count). The minimum atomic E-state index is -3.72. The molecule has 7 nitrogen and oxygen atoms in total. The van der Waals surface area contributed by atoms with Crippen LogP contribution in [-0.2, 0) is 10.0 Å². The number of aliphatic imine (C=N–C) groups is 1. The van der Waals surface area contributed by atoms with Crippen molar-refractivity contribution >= 4 is 32.5 Å². The summed E-state index contributed by atoms with van der Waals surface area (Å²) in [5.74, 6) is -0.0978. The third-order valence-corrected chi connectivity index (χ3v) is 5.85. The average molecular weight is 361 g/mol. The van der Waals surface area contributed by atoms with Crippen LogP contribution in [0, 0.1) is 6.92 Å². The van der Waals surface area contributed by atoms with E-state index in [1.807, 2.05) is 0 Å². The van der Waals surface area contributed by atoms with Crippen molar-refractivity contribution in [2.45, 2.75) is 11.8 Å². The minimum absolute atomic E-state index is 0.0978. The summed E-state index contributed by atoms with van der Waals surface area (Å²) in [5.41, 5.74) is 12.2. The van der Waals surface area contributed by atoms with Crippen molar-refractivity contribution in [3.63, 3.8) is 0 Å². The van der Waals surface area contributed by atoms with E-state index in [9.17, 15) is 8.42 Å². The van der Waals surface area contributed by atoms with Crippen LogP contribution in [0.1, 0.15) is 5.69 Å². The van der Waals surface area contributed by atoms with Gasteiger partial charge in [0, 0.05) is 11.1 Å². The van der Waals surface area contributed by atoms with Crippen LogP contribution in [0.25, 0.3) is 11.4 Å². The first-order valence-electron chi connectivity index (χ1n) is 6.94. The van der Waals surface area contributed by atoms with Gasteiger partial charge in [-0.2, -0.15) is 4.99 Å². The maximum atomic E-state index is 13.0. The summed E-state index contributed by atoms with van der Waals surface area (Å²) in [7, 11) is -3.72. The summed E-state index contributed by atoms with van der Waals surface area (Å²) in [6.07, 6.45) is 0. The molecule has 2 heterocycles. The second kappa shape index (κ2) is 6.10. The van der Waals surface area contributed by atoms with Crippen molar-refractivity contribution in [2.75, 3.05) is 0 Å². The second-order valence-corrected chi connectivity index (χ2v) is 7.62.